The highest BCUT2D eigenvalue weighted by Gasteiger charge is 2.21. The Balaban J connectivity index is 1.63. The highest BCUT2D eigenvalue weighted by atomic mass is 32.2. The van der Waals surface area contributed by atoms with Crippen LogP contribution in [0.5, 0.6) is 11.5 Å². The van der Waals surface area contributed by atoms with Crippen LogP contribution in [0.4, 0.5) is 10.1 Å². The number of ether oxygens (including phenoxy) is 1. The van der Waals surface area contributed by atoms with Crippen LogP contribution in [-0.4, -0.2) is 31.4 Å². The maximum absolute atomic E-state index is 13.9. The van der Waals surface area contributed by atoms with Gasteiger partial charge in [-0.15, -0.1) is 0 Å². The lowest BCUT2D eigenvalue weighted by Gasteiger charge is -2.20. The SMILES string of the molecule is CS(=O)(=O)N(CC(=O)Nc1ccc(Oc2ccccc2)cc1)Cc1ccccc1F. The van der Waals surface area contributed by atoms with Crippen LogP contribution < -0.4 is 10.1 Å². The highest BCUT2D eigenvalue weighted by molar-refractivity contribution is 7.88. The third-order valence-electron chi connectivity index (χ3n) is 4.21. The Morgan fingerprint density at radius 3 is 2.17 bits per heavy atom. The molecule has 1 N–H and O–H groups in total. The van der Waals surface area contributed by atoms with Gasteiger partial charge in [-0.1, -0.05) is 36.4 Å². The van der Waals surface area contributed by atoms with Gasteiger partial charge in [0, 0.05) is 17.8 Å². The van der Waals surface area contributed by atoms with Crippen LogP contribution in [0.1, 0.15) is 5.56 Å². The number of nitrogens with zero attached hydrogens (tertiary/aromatic N) is 1. The molecule has 0 radical (unpaired) electrons. The summed E-state index contributed by atoms with van der Waals surface area (Å²) in [4.78, 5) is 12.4. The molecule has 0 saturated heterocycles. The van der Waals surface area contributed by atoms with Gasteiger partial charge in [0.25, 0.3) is 0 Å². The molecule has 0 unspecified atom stereocenters. The first kappa shape index (κ1) is 21.5. The van der Waals surface area contributed by atoms with Crippen molar-refractivity contribution in [2.75, 3.05) is 18.1 Å². The fourth-order valence-corrected chi connectivity index (χ4v) is 3.42. The van der Waals surface area contributed by atoms with Crippen molar-refractivity contribution in [3.63, 3.8) is 0 Å². The number of nitrogens with one attached hydrogen (secondary N) is 1. The maximum atomic E-state index is 13.9. The fourth-order valence-electron chi connectivity index (χ4n) is 2.70. The van der Waals surface area contributed by atoms with E-state index in [0.29, 0.717) is 17.2 Å². The zero-order valence-electron chi connectivity index (χ0n) is 16.3. The van der Waals surface area contributed by atoms with Crippen molar-refractivity contribution < 1.29 is 22.3 Å². The maximum Gasteiger partial charge on any atom is 0.239 e. The average Bonchev–Trinajstić information content (AvgIpc) is 2.70. The molecule has 0 aliphatic heterocycles. The summed E-state index contributed by atoms with van der Waals surface area (Å²) < 4.78 is 44.6. The molecule has 0 aliphatic rings. The first-order valence-corrected chi connectivity index (χ1v) is 11.0. The molecule has 1 amide bonds. The normalized spacial score (nSPS) is 11.3. The van der Waals surface area contributed by atoms with Gasteiger partial charge in [-0.3, -0.25) is 4.79 Å². The second kappa shape index (κ2) is 9.51. The lowest BCUT2D eigenvalue weighted by molar-refractivity contribution is -0.116. The minimum absolute atomic E-state index is 0.193. The summed E-state index contributed by atoms with van der Waals surface area (Å²) in [5, 5.41) is 2.64. The molecule has 0 spiro atoms. The van der Waals surface area contributed by atoms with Crippen molar-refractivity contribution in [3.05, 3.63) is 90.2 Å². The molecule has 156 valence electrons. The minimum atomic E-state index is -3.72. The van der Waals surface area contributed by atoms with Crippen molar-refractivity contribution >= 4 is 21.6 Å². The third-order valence-corrected chi connectivity index (χ3v) is 5.41. The minimum Gasteiger partial charge on any atom is -0.457 e. The van der Waals surface area contributed by atoms with Crippen molar-refractivity contribution in [3.8, 4) is 11.5 Å². The molecule has 8 heteroatoms. The molecule has 30 heavy (non-hydrogen) atoms. The van der Waals surface area contributed by atoms with Crippen molar-refractivity contribution in [2.45, 2.75) is 6.54 Å². The number of carbonyl (C=O) groups excluding carboxylic acids is 1. The van der Waals surface area contributed by atoms with E-state index in [9.17, 15) is 17.6 Å². The molecular weight excluding hydrogens is 407 g/mol. The molecule has 3 rings (SSSR count). The topological polar surface area (TPSA) is 75.7 Å². The Labute approximate surface area is 175 Å². The number of halogens is 1. The van der Waals surface area contributed by atoms with Crippen LogP contribution in [0.2, 0.25) is 0 Å². The van der Waals surface area contributed by atoms with Crippen LogP contribution in [-0.2, 0) is 21.4 Å². The first-order chi connectivity index (χ1) is 14.3. The van der Waals surface area contributed by atoms with E-state index in [0.717, 1.165) is 10.6 Å². The molecule has 6 nitrogen and oxygen atoms in total. The van der Waals surface area contributed by atoms with Crippen LogP contribution in [0, 0.1) is 5.82 Å². The number of hydrogen-bond donors (Lipinski definition) is 1. The molecule has 3 aromatic carbocycles. The van der Waals surface area contributed by atoms with Crippen molar-refractivity contribution in [1.29, 1.82) is 0 Å². The van der Waals surface area contributed by atoms with Gasteiger partial charge in [0.2, 0.25) is 15.9 Å². The highest BCUT2D eigenvalue weighted by Crippen LogP contribution is 2.22. The zero-order chi connectivity index (χ0) is 21.6. The van der Waals surface area contributed by atoms with Crippen LogP contribution in [0.25, 0.3) is 0 Å². The summed E-state index contributed by atoms with van der Waals surface area (Å²) in [6, 6.07) is 21.8. The number of anilines is 1. The quantitative estimate of drug-likeness (QED) is 0.588. The van der Waals surface area contributed by atoms with Gasteiger partial charge >= 0.3 is 0 Å². The third kappa shape index (κ3) is 6.13. The predicted octanol–water partition coefficient (Wildman–Crippen LogP) is 4.02. The second-order valence-electron chi connectivity index (χ2n) is 6.61. The fraction of sp³-hybridized carbons (Fsp3) is 0.136. The van der Waals surface area contributed by atoms with Crippen molar-refractivity contribution in [1.82, 2.24) is 4.31 Å². The van der Waals surface area contributed by atoms with Crippen molar-refractivity contribution in [2.24, 2.45) is 0 Å². The average molecular weight is 428 g/mol. The monoisotopic (exact) mass is 428 g/mol. The largest absolute Gasteiger partial charge is 0.457 e. The summed E-state index contributed by atoms with van der Waals surface area (Å²) in [6.45, 7) is -0.668. The Morgan fingerprint density at radius 2 is 1.53 bits per heavy atom. The van der Waals surface area contributed by atoms with Gasteiger partial charge in [-0.25, -0.2) is 12.8 Å². The van der Waals surface area contributed by atoms with E-state index in [2.05, 4.69) is 5.32 Å². The first-order valence-electron chi connectivity index (χ1n) is 9.12. The van der Waals surface area contributed by atoms with Gasteiger partial charge < -0.3 is 10.1 Å². The summed E-state index contributed by atoms with van der Waals surface area (Å²) in [6.07, 6.45) is 0.983. The van der Waals surface area contributed by atoms with E-state index in [1.54, 1.807) is 30.3 Å². The Hall–Kier alpha value is -3.23. The molecule has 0 saturated carbocycles. The summed E-state index contributed by atoms with van der Waals surface area (Å²) in [7, 11) is -3.72. The second-order valence-corrected chi connectivity index (χ2v) is 8.59. The Kier molecular flexibility index (Phi) is 6.81. The molecule has 0 bridgehead atoms. The molecular formula is C22H21FN2O4S. The van der Waals surface area contributed by atoms with E-state index < -0.39 is 28.3 Å². The van der Waals surface area contributed by atoms with E-state index in [1.807, 2.05) is 30.3 Å². The lowest BCUT2D eigenvalue weighted by Crippen LogP contribution is -2.37. The number of hydrogen-bond acceptors (Lipinski definition) is 4. The molecule has 0 atom stereocenters. The summed E-state index contributed by atoms with van der Waals surface area (Å²) in [5.41, 5.74) is 0.679. The lowest BCUT2D eigenvalue weighted by atomic mass is 10.2. The molecule has 0 fully saturated rings. The number of rotatable bonds is 8. The van der Waals surface area contributed by atoms with E-state index in [1.165, 1.54) is 18.2 Å². The standard InChI is InChI=1S/C22H21FN2O4S/c1-30(27,28)25(15-17-7-5-6-10-21(17)23)16-22(26)24-18-11-13-20(14-12-18)29-19-8-3-2-4-9-19/h2-14H,15-16H2,1H3,(H,24,26). The van der Waals surface area contributed by atoms with Gasteiger partial charge in [0.15, 0.2) is 0 Å². The molecule has 0 aromatic heterocycles. The Bertz CT molecular complexity index is 1100. The van der Waals surface area contributed by atoms with Gasteiger partial charge in [0.1, 0.15) is 17.3 Å². The molecule has 0 aliphatic carbocycles. The summed E-state index contributed by atoms with van der Waals surface area (Å²) in [5.74, 6) is 0.219. The number of benzene rings is 3. The smallest absolute Gasteiger partial charge is 0.239 e. The number of carbonyl (C=O) groups is 1. The Morgan fingerprint density at radius 1 is 0.933 bits per heavy atom. The van der Waals surface area contributed by atoms with Crippen LogP contribution in [0.3, 0.4) is 0 Å². The van der Waals surface area contributed by atoms with Crippen LogP contribution >= 0.6 is 0 Å². The van der Waals surface area contributed by atoms with Crippen LogP contribution in [0.15, 0.2) is 78.9 Å². The van der Waals surface area contributed by atoms with Gasteiger partial charge in [-0.05, 0) is 42.5 Å². The van der Waals surface area contributed by atoms with Gasteiger partial charge in [-0.2, -0.15) is 4.31 Å². The van der Waals surface area contributed by atoms with E-state index in [-0.39, 0.29) is 12.1 Å². The van der Waals surface area contributed by atoms with Gasteiger partial charge in [0.05, 0.1) is 12.8 Å². The molecule has 3 aromatic rings. The molecule has 0 heterocycles. The van der Waals surface area contributed by atoms with E-state index in [4.69, 9.17) is 4.74 Å². The number of sulfonamides is 1. The zero-order valence-corrected chi connectivity index (χ0v) is 17.1. The number of amides is 1. The predicted molar refractivity (Wildman–Crippen MR) is 113 cm³/mol. The summed E-state index contributed by atoms with van der Waals surface area (Å²) >= 11 is 0. The van der Waals surface area contributed by atoms with E-state index >= 15 is 0 Å². The number of para-hydroxylation sites is 1.